The molecule has 2 aliphatic rings. The fourth-order valence-corrected chi connectivity index (χ4v) is 3.41. The van der Waals surface area contributed by atoms with E-state index >= 15 is 0 Å². The first-order valence-corrected chi connectivity index (χ1v) is 7.83. The Morgan fingerprint density at radius 3 is 2.65 bits per heavy atom. The molecule has 1 heterocycles. The summed E-state index contributed by atoms with van der Waals surface area (Å²) in [5.74, 6) is 0.0537. The van der Waals surface area contributed by atoms with Crippen molar-refractivity contribution in [2.75, 3.05) is 12.4 Å². The molecule has 0 saturated heterocycles. The van der Waals surface area contributed by atoms with Crippen LogP contribution in [-0.4, -0.2) is 17.9 Å². The van der Waals surface area contributed by atoms with Crippen molar-refractivity contribution in [3.8, 4) is 0 Å². The highest BCUT2D eigenvalue weighted by Gasteiger charge is 2.38. The van der Waals surface area contributed by atoms with Gasteiger partial charge in [0.15, 0.2) is 10.9 Å². The van der Waals surface area contributed by atoms with Gasteiger partial charge < -0.3 is 16.0 Å². The minimum absolute atomic E-state index is 0.0537. The van der Waals surface area contributed by atoms with Crippen LogP contribution in [0.15, 0.2) is 54.1 Å². The molecule has 4 nitrogen and oxygen atoms in total. The minimum atomic E-state index is -0.244. The van der Waals surface area contributed by atoms with E-state index in [1.165, 1.54) is 0 Å². The van der Waals surface area contributed by atoms with Crippen LogP contribution in [-0.2, 0) is 0 Å². The van der Waals surface area contributed by atoms with Gasteiger partial charge in [0.2, 0.25) is 0 Å². The van der Waals surface area contributed by atoms with Gasteiger partial charge in [0.1, 0.15) is 0 Å². The number of carbonyl (C=O) groups is 1. The van der Waals surface area contributed by atoms with E-state index in [-0.39, 0.29) is 11.8 Å². The van der Waals surface area contributed by atoms with Crippen LogP contribution in [0.4, 0.5) is 5.69 Å². The first kappa shape index (κ1) is 14.0. The molecule has 1 atom stereocenters. The Bertz CT molecular complexity index is 872. The summed E-state index contributed by atoms with van der Waals surface area (Å²) in [5.41, 5.74) is 5.22. The van der Waals surface area contributed by atoms with Crippen LogP contribution in [0.1, 0.15) is 27.5 Å². The molecular formula is C18H15N3OS. The Labute approximate surface area is 139 Å². The van der Waals surface area contributed by atoms with E-state index in [2.05, 4.69) is 16.0 Å². The normalized spacial score (nSPS) is 18.9. The van der Waals surface area contributed by atoms with E-state index in [9.17, 15) is 4.79 Å². The van der Waals surface area contributed by atoms with Gasteiger partial charge in [-0.25, -0.2) is 0 Å². The van der Waals surface area contributed by atoms with Crippen LogP contribution in [0.5, 0.6) is 0 Å². The molecule has 0 aromatic heterocycles. The minimum Gasteiger partial charge on any atom is -0.388 e. The van der Waals surface area contributed by atoms with Gasteiger partial charge in [0, 0.05) is 23.9 Å². The van der Waals surface area contributed by atoms with Crippen LogP contribution in [0, 0.1) is 0 Å². The van der Waals surface area contributed by atoms with E-state index < -0.39 is 0 Å². The number of thiocarbonyl (C=S) groups is 1. The van der Waals surface area contributed by atoms with Crippen molar-refractivity contribution in [2.24, 2.45) is 0 Å². The van der Waals surface area contributed by atoms with E-state index in [0.29, 0.717) is 5.11 Å². The maximum absolute atomic E-state index is 12.9. The van der Waals surface area contributed by atoms with Crippen LogP contribution in [0.2, 0.25) is 0 Å². The number of Topliss-reactive ketones (excluding diaryl/α,β-unsaturated/α-hetero) is 1. The summed E-state index contributed by atoms with van der Waals surface area (Å²) in [6.45, 7) is 0. The maximum atomic E-state index is 12.9. The van der Waals surface area contributed by atoms with Crippen LogP contribution < -0.4 is 16.0 Å². The van der Waals surface area contributed by atoms with Crippen molar-refractivity contribution in [3.63, 3.8) is 0 Å². The van der Waals surface area contributed by atoms with Crippen LogP contribution in [0.25, 0.3) is 5.70 Å². The summed E-state index contributed by atoms with van der Waals surface area (Å²) in [5, 5.41) is 10.1. The highest BCUT2D eigenvalue weighted by molar-refractivity contribution is 7.80. The monoisotopic (exact) mass is 321 g/mol. The fourth-order valence-electron chi connectivity index (χ4n) is 3.19. The molecule has 1 aliphatic carbocycles. The van der Waals surface area contributed by atoms with Gasteiger partial charge in [-0.3, -0.25) is 4.79 Å². The second-order valence-corrected chi connectivity index (χ2v) is 5.98. The van der Waals surface area contributed by atoms with Crippen LogP contribution >= 0.6 is 12.2 Å². The van der Waals surface area contributed by atoms with E-state index in [1.54, 1.807) is 0 Å². The lowest BCUT2D eigenvalue weighted by Crippen LogP contribution is -2.43. The number of ketones is 1. The predicted molar refractivity (Wildman–Crippen MR) is 95.3 cm³/mol. The molecule has 1 unspecified atom stereocenters. The summed E-state index contributed by atoms with van der Waals surface area (Å²) in [4.78, 5) is 12.9. The average Bonchev–Trinajstić information content (AvgIpc) is 2.87. The first-order chi connectivity index (χ1) is 11.2. The maximum Gasteiger partial charge on any atom is 0.194 e. The molecular weight excluding hydrogens is 306 g/mol. The number of fused-ring (bicyclic) bond motifs is 2. The van der Waals surface area contributed by atoms with Gasteiger partial charge in [-0.2, -0.15) is 0 Å². The molecule has 0 fully saturated rings. The van der Waals surface area contributed by atoms with E-state index in [1.807, 2.05) is 55.6 Å². The lowest BCUT2D eigenvalue weighted by atomic mass is 9.94. The average molecular weight is 321 g/mol. The zero-order valence-corrected chi connectivity index (χ0v) is 13.3. The number of carbonyl (C=O) groups excluding carboxylic acids is 1. The molecule has 1 aliphatic heterocycles. The number of hydrogen-bond donors (Lipinski definition) is 3. The van der Waals surface area contributed by atoms with Crippen molar-refractivity contribution in [1.29, 1.82) is 0 Å². The number of rotatable bonds is 2. The Kier molecular flexibility index (Phi) is 3.16. The van der Waals surface area contributed by atoms with Gasteiger partial charge in [-0.05, 0) is 29.9 Å². The Hall–Kier alpha value is -2.66. The number of anilines is 1. The summed E-state index contributed by atoms with van der Waals surface area (Å²) < 4.78 is 0. The molecule has 0 radical (unpaired) electrons. The van der Waals surface area contributed by atoms with Gasteiger partial charge in [0.05, 0.1) is 17.3 Å². The third-order valence-electron chi connectivity index (χ3n) is 4.27. The standard InChI is InChI=1S/C18H15N3OS/c1-19-11-6-4-5-10(9-11)15-14-16(21-18(23)20-15)12-7-2-3-8-13(12)17(14)22/h2-9,15,19H,1H3,(H2,20,21,23). The summed E-state index contributed by atoms with van der Waals surface area (Å²) >= 11 is 5.35. The van der Waals surface area contributed by atoms with Crippen molar-refractivity contribution in [1.82, 2.24) is 10.6 Å². The fraction of sp³-hybridized carbons (Fsp3) is 0.111. The number of nitrogens with one attached hydrogen (secondary N) is 3. The Morgan fingerprint density at radius 2 is 1.87 bits per heavy atom. The molecule has 2 aromatic carbocycles. The van der Waals surface area contributed by atoms with Crippen molar-refractivity contribution < 1.29 is 4.79 Å². The SMILES string of the molecule is CNc1cccc(C2NC(=S)NC3=C2C(=O)c2ccccc23)c1. The molecule has 114 valence electrons. The second kappa shape index (κ2) is 5.21. The van der Waals surface area contributed by atoms with Crippen molar-refractivity contribution in [2.45, 2.75) is 6.04 Å². The summed E-state index contributed by atoms with van der Waals surface area (Å²) in [7, 11) is 1.88. The molecule has 0 spiro atoms. The van der Waals surface area contributed by atoms with Gasteiger partial charge >= 0.3 is 0 Å². The quantitative estimate of drug-likeness (QED) is 0.743. The van der Waals surface area contributed by atoms with Crippen molar-refractivity contribution >= 4 is 34.5 Å². The Balaban J connectivity index is 1.87. The number of hydrogen-bond acceptors (Lipinski definition) is 3. The third-order valence-corrected chi connectivity index (χ3v) is 4.49. The zero-order valence-electron chi connectivity index (χ0n) is 12.5. The highest BCUT2D eigenvalue weighted by atomic mass is 32.1. The molecule has 0 saturated carbocycles. The van der Waals surface area contributed by atoms with E-state index in [4.69, 9.17) is 12.2 Å². The highest BCUT2D eigenvalue weighted by Crippen LogP contribution is 2.40. The predicted octanol–water partition coefficient (Wildman–Crippen LogP) is 2.85. The number of benzene rings is 2. The molecule has 0 bridgehead atoms. The molecule has 5 heteroatoms. The van der Waals surface area contributed by atoms with Crippen LogP contribution in [0.3, 0.4) is 0 Å². The molecule has 23 heavy (non-hydrogen) atoms. The lowest BCUT2D eigenvalue weighted by molar-refractivity contribution is 0.103. The third kappa shape index (κ3) is 2.12. The smallest absolute Gasteiger partial charge is 0.194 e. The second-order valence-electron chi connectivity index (χ2n) is 5.57. The van der Waals surface area contributed by atoms with E-state index in [0.717, 1.165) is 33.6 Å². The zero-order chi connectivity index (χ0) is 16.0. The summed E-state index contributed by atoms with van der Waals surface area (Å²) in [6, 6.07) is 15.4. The van der Waals surface area contributed by atoms with Crippen molar-refractivity contribution in [3.05, 3.63) is 70.8 Å². The Morgan fingerprint density at radius 1 is 1.09 bits per heavy atom. The molecule has 3 N–H and O–H groups in total. The molecule has 4 rings (SSSR count). The molecule has 0 amide bonds. The summed E-state index contributed by atoms with van der Waals surface area (Å²) in [6.07, 6.45) is 0. The van der Waals surface area contributed by atoms with Gasteiger partial charge in [-0.1, -0.05) is 36.4 Å². The largest absolute Gasteiger partial charge is 0.388 e. The molecule has 2 aromatic rings. The topological polar surface area (TPSA) is 53.2 Å². The van der Waals surface area contributed by atoms with Gasteiger partial charge in [-0.15, -0.1) is 0 Å². The van der Waals surface area contributed by atoms with Gasteiger partial charge in [0.25, 0.3) is 0 Å². The first-order valence-electron chi connectivity index (χ1n) is 7.42. The lowest BCUT2D eigenvalue weighted by Gasteiger charge is -2.28.